The first-order chi connectivity index (χ1) is 12.0. The van der Waals surface area contributed by atoms with Crippen molar-refractivity contribution in [2.24, 2.45) is 0 Å². The van der Waals surface area contributed by atoms with E-state index in [4.69, 9.17) is 4.74 Å². The van der Waals surface area contributed by atoms with E-state index in [0.717, 1.165) is 6.26 Å². The number of nitrogens with zero attached hydrogens (tertiary/aromatic N) is 1. The Morgan fingerprint density at radius 2 is 1.62 bits per heavy atom. The fourth-order valence-corrected chi connectivity index (χ4v) is 5.09. The van der Waals surface area contributed by atoms with Gasteiger partial charge in [-0.1, -0.05) is 28.1 Å². The molecule has 1 atom stereocenters. The number of benzene rings is 2. The molecule has 0 aliphatic carbocycles. The number of sulfone groups is 1. The Kier molecular flexibility index (Phi) is 6.17. The number of ether oxygens (including phenoxy) is 1. The zero-order valence-electron chi connectivity index (χ0n) is 14.8. The minimum absolute atomic E-state index is 0.0523. The smallest absolute Gasteiger partial charge is 0.247 e. The molecule has 1 unspecified atom stereocenters. The number of rotatable bonds is 6. The molecule has 0 saturated heterocycles. The lowest BCUT2D eigenvalue weighted by Gasteiger charge is -2.25. The van der Waals surface area contributed by atoms with Gasteiger partial charge in [0.2, 0.25) is 10.0 Å². The first kappa shape index (κ1) is 20.9. The van der Waals surface area contributed by atoms with Crippen molar-refractivity contribution >= 4 is 35.8 Å². The average molecular weight is 462 g/mol. The van der Waals surface area contributed by atoms with Crippen LogP contribution in [0.5, 0.6) is 5.75 Å². The van der Waals surface area contributed by atoms with Crippen LogP contribution in [-0.2, 0) is 19.9 Å². The van der Waals surface area contributed by atoms with Gasteiger partial charge in [-0.2, -0.15) is 4.31 Å². The Hall–Kier alpha value is -1.42. The summed E-state index contributed by atoms with van der Waals surface area (Å²) < 4.78 is 56.2. The third kappa shape index (κ3) is 4.28. The van der Waals surface area contributed by atoms with E-state index >= 15 is 0 Å². The highest BCUT2D eigenvalue weighted by Gasteiger charge is 2.29. The molecule has 0 spiro atoms. The van der Waals surface area contributed by atoms with E-state index in [-0.39, 0.29) is 15.5 Å². The molecule has 2 aromatic rings. The molecule has 0 radical (unpaired) electrons. The normalized spacial score (nSPS) is 13.6. The van der Waals surface area contributed by atoms with Gasteiger partial charge in [0.25, 0.3) is 0 Å². The lowest BCUT2D eigenvalue weighted by molar-refractivity contribution is 0.382. The first-order valence-electron chi connectivity index (χ1n) is 7.60. The predicted octanol–water partition coefficient (Wildman–Crippen LogP) is 3.24. The van der Waals surface area contributed by atoms with Crippen LogP contribution >= 0.6 is 15.9 Å². The first-order valence-corrected chi connectivity index (χ1v) is 11.7. The summed E-state index contributed by atoms with van der Waals surface area (Å²) in [6.45, 7) is 1.73. The van der Waals surface area contributed by atoms with Crippen LogP contribution in [0.15, 0.2) is 56.7 Å². The minimum Gasteiger partial charge on any atom is -0.495 e. The van der Waals surface area contributed by atoms with Crippen LogP contribution in [-0.4, -0.2) is 41.6 Å². The summed E-state index contributed by atoms with van der Waals surface area (Å²) >= 11 is 3.28. The number of hydrogen-bond acceptors (Lipinski definition) is 5. The number of halogens is 1. The molecular weight excluding hydrogens is 442 g/mol. The van der Waals surface area contributed by atoms with Gasteiger partial charge in [-0.3, -0.25) is 0 Å². The van der Waals surface area contributed by atoms with Crippen LogP contribution in [0, 0.1) is 0 Å². The van der Waals surface area contributed by atoms with E-state index in [1.54, 1.807) is 31.2 Å². The molecule has 0 N–H and O–H groups in total. The molecule has 0 heterocycles. The molecule has 26 heavy (non-hydrogen) atoms. The van der Waals surface area contributed by atoms with Crippen LogP contribution in [0.2, 0.25) is 0 Å². The molecule has 0 aromatic heterocycles. The third-order valence-corrected chi connectivity index (χ3v) is 7.69. The summed E-state index contributed by atoms with van der Waals surface area (Å²) in [6, 6.07) is 10.4. The number of hydrogen-bond donors (Lipinski definition) is 0. The molecule has 0 bridgehead atoms. The summed E-state index contributed by atoms with van der Waals surface area (Å²) in [7, 11) is -4.25. The van der Waals surface area contributed by atoms with Gasteiger partial charge in [-0.15, -0.1) is 0 Å². The molecular formula is C17H20BrNO5S2. The number of sulfonamides is 1. The number of methoxy groups -OCH3 is 1. The fraction of sp³-hybridized carbons (Fsp3) is 0.294. The van der Waals surface area contributed by atoms with Crippen molar-refractivity contribution in [1.29, 1.82) is 0 Å². The Morgan fingerprint density at radius 1 is 1.04 bits per heavy atom. The second-order valence-corrected chi connectivity index (χ2v) is 10.7. The van der Waals surface area contributed by atoms with E-state index in [0.29, 0.717) is 10.0 Å². The van der Waals surface area contributed by atoms with E-state index in [9.17, 15) is 16.8 Å². The molecule has 0 aliphatic heterocycles. The van der Waals surface area contributed by atoms with Crippen molar-refractivity contribution in [2.45, 2.75) is 22.8 Å². The Bertz CT molecular complexity index is 1000. The standard InChI is InChI=1S/C17H20BrNO5S2/c1-12(13-5-8-15(9-6-13)25(4,20)21)19(2)26(22,23)17-11-14(18)7-10-16(17)24-3/h5-12H,1-4H3. The quantitative estimate of drug-likeness (QED) is 0.659. The van der Waals surface area contributed by atoms with Gasteiger partial charge in [-0.25, -0.2) is 16.8 Å². The molecule has 0 saturated carbocycles. The van der Waals surface area contributed by atoms with Crippen LogP contribution in [0.25, 0.3) is 0 Å². The van der Waals surface area contributed by atoms with Gasteiger partial charge in [0, 0.05) is 23.8 Å². The topological polar surface area (TPSA) is 80.8 Å². The Balaban J connectivity index is 2.41. The highest BCUT2D eigenvalue weighted by Crippen LogP contribution is 2.33. The largest absolute Gasteiger partial charge is 0.495 e. The van der Waals surface area contributed by atoms with Crippen LogP contribution < -0.4 is 4.74 Å². The lowest BCUT2D eigenvalue weighted by Crippen LogP contribution is -2.30. The van der Waals surface area contributed by atoms with Crippen LogP contribution in [0.4, 0.5) is 0 Å². The molecule has 2 aromatic carbocycles. The van der Waals surface area contributed by atoms with Gasteiger partial charge in [0.1, 0.15) is 10.6 Å². The van der Waals surface area contributed by atoms with E-state index < -0.39 is 25.9 Å². The third-order valence-electron chi connectivity index (χ3n) is 4.12. The lowest BCUT2D eigenvalue weighted by atomic mass is 10.1. The van der Waals surface area contributed by atoms with Crippen molar-refractivity contribution in [3.8, 4) is 5.75 Å². The predicted molar refractivity (Wildman–Crippen MR) is 104 cm³/mol. The van der Waals surface area contributed by atoms with Crippen molar-refractivity contribution in [2.75, 3.05) is 20.4 Å². The Morgan fingerprint density at radius 3 is 2.12 bits per heavy atom. The maximum absolute atomic E-state index is 13.0. The van der Waals surface area contributed by atoms with Gasteiger partial charge in [0.15, 0.2) is 9.84 Å². The van der Waals surface area contributed by atoms with Crippen molar-refractivity contribution < 1.29 is 21.6 Å². The summed E-state index contributed by atoms with van der Waals surface area (Å²) in [5.41, 5.74) is 0.678. The van der Waals surface area contributed by atoms with Gasteiger partial charge in [0.05, 0.1) is 12.0 Å². The monoisotopic (exact) mass is 461 g/mol. The average Bonchev–Trinajstić information content (AvgIpc) is 2.59. The minimum atomic E-state index is -3.83. The highest BCUT2D eigenvalue weighted by atomic mass is 79.9. The maximum Gasteiger partial charge on any atom is 0.247 e. The van der Waals surface area contributed by atoms with Crippen molar-refractivity contribution in [3.63, 3.8) is 0 Å². The molecule has 142 valence electrons. The summed E-state index contributed by atoms with van der Waals surface area (Å²) in [4.78, 5) is 0.240. The molecule has 0 amide bonds. The summed E-state index contributed by atoms with van der Waals surface area (Å²) in [5.74, 6) is 0.250. The SMILES string of the molecule is COc1ccc(Br)cc1S(=O)(=O)N(C)C(C)c1ccc(S(C)(=O)=O)cc1. The van der Waals surface area contributed by atoms with E-state index in [1.165, 1.54) is 36.7 Å². The van der Waals surface area contributed by atoms with Gasteiger partial charge < -0.3 is 4.74 Å². The molecule has 0 aliphatic rings. The second-order valence-electron chi connectivity index (χ2n) is 5.83. The molecule has 2 rings (SSSR count). The van der Waals surface area contributed by atoms with Crippen molar-refractivity contribution in [1.82, 2.24) is 4.31 Å². The summed E-state index contributed by atoms with van der Waals surface area (Å²) in [6.07, 6.45) is 1.13. The molecule has 0 fully saturated rings. The maximum atomic E-state index is 13.0. The zero-order chi connectivity index (χ0) is 19.7. The van der Waals surface area contributed by atoms with E-state index in [1.807, 2.05) is 0 Å². The second kappa shape index (κ2) is 7.67. The fourth-order valence-electron chi connectivity index (χ4n) is 2.42. The van der Waals surface area contributed by atoms with Crippen molar-refractivity contribution in [3.05, 3.63) is 52.5 Å². The zero-order valence-corrected chi connectivity index (χ0v) is 18.0. The van der Waals surface area contributed by atoms with E-state index in [2.05, 4.69) is 15.9 Å². The highest BCUT2D eigenvalue weighted by molar-refractivity contribution is 9.10. The Labute approximate surface area is 162 Å². The van der Waals surface area contributed by atoms with Crippen LogP contribution in [0.1, 0.15) is 18.5 Å². The van der Waals surface area contributed by atoms with Crippen LogP contribution in [0.3, 0.4) is 0 Å². The molecule has 9 heteroatoms. The summed E-state index contributed by atoms with van der Waals surface area (Å²) in [5, 5.41) is 0. The van der Waals surface area contributed by atoms with Gasteiger partial charge in [-0.05, 0) is 42.8 Å². The van der Waals surface area contributed by atoms with Gasteiger partial charge >= 0.3 is 0 Å². The molecule has 6 nitrogen and oxygen atoms in total.